The van der Waals surface area contributed by atoms with Crippen molar-refractivity contribution in [2.24, 2.45) is 5.10 Å². The standard InChI is InChI=1S/C22H17N3/c23-16-17-11-13-20(14-12-17)25-22(19-9-5-2-6-10-19)15-21(24-25)18-7-3-1-4-8-18/h1-14,22H,15H2. The van der Waals surface area contributed by atoms with Crippen LogP contribution in [0.1, 0.15) is 29.2 Å². The highest BCUT2D eigenvalue weighted by molar-refractivity contribution is 6.03. The number of nitriles is 1. The summed E-state index contributed by atoms with van der Waals surface area (Å²) in [5.74, 6) is 0. The van der Waals surface area contributed by atoms with E-state index in [1.54, 1.807) is 0 Å². The Hall–Kier alpha value is -3.38. The van der Waals surface area contributed by atoms with Crippen LogP contribution in [-0.4, -0.2) is 5.71 Å². The van der Waals surface area contributed by atoms with Crippen LogP contribution in [0.25, 0.3) is 0 Å². The third-order valence-corrected chi connectivity index (χ3v) is 4.46. The minimum Gasteiger partial charge on any atom is -0.257 e. The molecule has 4 rings (SSSR count). The van der Waals surface area contributed by atoms with Gasteiger partial charge in [0.15, 0.2) is 0 Å². The summed E-state index contributed by atoms with van der Waals surface area (Å²) in [6.07, 6.45) is 0.855. The Kier molecular flexibility index (Phi) is 4.02. The fourth-order valence-electron chi connectivity index (χ4n) is 3.18. The summed E-state index contributed by atoms with van der Waals surface area (Å²) in [6, 6.07) is 30.7. The lowest BCUT2D eigenvalue weighted by atomic mass is 9.98. The van der Waals surface area contributed by atoms with Gasteiger partial charge < -0.3 is 0 Å². The van der Waals surface area contributed by atoms with Crippen LogP contribution in [0.5, 0.6) is 0 Å². The average Bonchev–Trinajstić information content (AvgIpc) is 3.15. The molecule has 3 aromatic rings. The molecule has 1 atom stereocenters. The van der Waals surface area contributed by atoms with Crippen LogP contribution in [-0.2, 0) is 0 Å². The summed E-state index contributed by atoms with van der Waals surface area (Å²) in [5.41, 5.74) is 5.13. The summed E-state index contributed by atoms with van der Waals surface area (Å²) < 4.78 is 0. The molecule has 3 nitrogen and oxygen atoms in total. The zero-order valence-electron chi connectivity index (χ0n) is 13.7. The van der Waals surface area contributed by atoms with E-state index in [2.05, 4.69) is 47.5 Å². The van der Waals surface area contributed by atoms with Gasteiger partial charge in [-0.15, -0.1) is 0 Å². The molecule has 0 amide bonds. The quantitative estimate of drug-likeness (QED) is 0.686. The van der Waals surface area contributed by atoms with E-state index >= 15 is 0 Å². The molecule has 3 heteroatoms. The van der Waals surface area contributed by atoms with Gasteiger partial charge in [-0.05, 0) is 35.4 Å². The third kappa shape index (κ3) is 3.02. The van der Waals surface area contributed by atoms with Gasteiger partial charge in [0.05, 0.1) is 29.1 Å². The number of benzene rings is 3. The van der Waals surface area contributed by atoms with Crippen molar-refractivity contribution < 1.29 is 0 Å². The van der Waals surface area contributed by atoms with E-state index in [0.717, 1.165) is 23.4 Å². The molecule has 0 fully saturated rings. The Morgan fingerprint density at radius 1 is 0.840 bits per heavy atom. The minimum absolute atomic E-state index is 0.157. The highest BCUT2D eigenvalue weighted by Crippen LogP contribution is 2.36. The molecular weight excluding hydrogens is 306 g/mol. The normalized spacial score (nSPS) is 16.4. The van der Waals surface area contributed by atoms with Gasteiger partial charge in [0, 0.05) is 6.42 Å². The van der Waals surface area contributed by atoms with E-state index in [4.69, 9.17) is 10.4 Å². The molecule has 0 bridgehead atoms. The van der Waals surface area contributed by atoms with E-state index in [1.165, 1.54) is 5.56 Å². The largest absolute Gasteiger partial charge is 0.257 e. The van der Waals surface area contributed by atoms with Crippen molar-refractivity contribution in [3.63, 3.8) is 0 Å². The van der Waals surface area contributed by atoms with E-state index in [-0.39, 0.29) is 6.04 Å². The summed E-state index contributed by atoms with van der Waals surface area (Å²) >= 11 is 0. The fourth-order valence-corrected chi connectivity index (χ4v) is 3.18. The van der Waals surface area contributed by atoms with Crippen molar-refractivity contribution in [1.29, 1.82) is 5.26 Å². The second-order valence-corrected chi connectivity index (χ2v) is 6.05. The Balaban J connectivity index is 1.75. The first kappa shape index (κ1) is 15.2. The van der Waals surface area contributed by atoms with Crippen LogP contribution in [0.15, 0.2) is 90.0 Å². The lowest BCUT2D eigenvalue weighted by Gasteiger charge is -2.24. The van der Waals surface area contributed by atoms with E-state index in [1.807, 2.05) is 48.5 Å². The zero-order chi connectivity index (χ0) is 17.1. The monoisotopic (exact) mass is 323 g/mol. The average molecular weight is 323 g/mol. The number of hydrogen-bond acceptors (Lipinski definition) is 3. The third-order valence-electron chi connectivity index (χ3n) is 4.46. The van der Waals surface area contributed by atoms with Gasteiger partial charge in [0.2, 0.25) is 0 Å². The highest BCUT2D eigenvalue weighted by atomic mass is 15.5. The maximum atomic E-state index is 9.02. The van der Waals surface area contributed by atoms with Crippen molar-refractivity contribution in [2.75, 3.05) is 5.01 Å². The summed E-state index contributed by atoms with van der Waals surface area (Å²) in [7, 11) is 0. The summed E-state index contributed by atoms with van der Waals surface area (Å²) in [4.78, 5) is 0. The molecule has 0 spiro atoms. The molecular formula is C22H17N3. The predicted molar refractivity (Wildman–Crippen MR) is 100 cm³/mol. The molecule has 0 radical (unpaired) electrons. The number of nitrogens with zero attached hydrogens (tertiary/aromatic N) is 3. The molecule has 1 heterocycles. The van der Waals surface area contributed by atoms with Gasteiger partial charge >= 0.3 is 0 Å². The summed E-state index contributed by atoms with van der Waals surface area (Å²) in [6.45, 7) is 0. The second-order valence-electron chi connectivity index (χ2n) is 6.05. The van der Waals surface area contributed by atoms with Crippen LogP contribution >= 0.6 is 0 Å². The first-order chi connectivity index (χ1) is 12.3. The van der Waals surface area contributed by atoms with Gasteiger partial charge in [-0.3, -0.25) is 5.01 Å². The number of hydrogen-bond donors (Lipinski definition) is 0. The van der Waals surface area contributed by atoms with Crippen LogP contribution in [0, 0.1) is 11.3 Å². The first-order valence-corrected chi connectivity index (χ1v) is 8.32. The molecule has 0 aromatic heterocycles. The number of hydrazone groups is 1. The van der Waals surface area contributed by atoms with Crippen LogP contribution < -0.4 is 5.01 Å². The summed E-state index contributed by atoms with van der Waals surface area (Å²) in [5, 5.41) is 16.0. The molecule has 0 saturated heterocycles. The van der Waals surface area contributed by atoms with Crippen LogP contribution in [0.2, 0.25) is 0 Å². The molecule has 1 aliphatic rings. The highest BCUT2D eigenvalue weighted by Gasteiger charge is 2.29. The minimum atomic E-state index is 0.157. The van der Waals surface area contributed by atoms with Gasteiger partial charge in [-0.2, -0.15) is 10.4 Å². The van der Waals surface area contributed by atoms with Crippen molar-refractivity contribution in [1.82, 2.24) is 0 Å². The maximum absolute atomic E-state index is 9.02. The SMILES string of the molecule is N#Cc1ccc(N2N=C(c3ccccc3)CC2c2ccccc2)cc1. The molecule has 0 N–H and O–H groups in total. The molecule has 3 aromatic carbocycles. The van der Waals surface area contributed by atoms with Crippen LogP contribution in [0.3, 0.4) is 0 Å². The Morgan fingerprint density at radius 3 is 2.12 bits per heavy atom. The molecule has 0 saturated carbocycles. The maximum Gasteiger partial charge on any atom is 0.0991 e. The Labute approximate surface area is 147 Å². The Morgan fingerprint density at radius 2 is 1.48 bits per heavy atom. The van der Waals surface area contributed by atoms with Crippen molar-refractivity contribution in [3.8, 4) is 6.07 Å². The smallest absolute Gasteiger partial charge is 0.0991 e. The van der Waals surface area contributed by atoms with Gasteiger partial charge in [0.25, 0.3) is 0 Å². The second kappa shape index (κ2) is 6.62. The lowest BCUT2D eigenvalue weighted by molar-refractivity contribution is 0.709. The zero-order valence-corrected chi connectivity index (χ0v) is 13.7. The number of rotatable bonds is 3. The molecule has 1 unspecified atom stereocenters. The first-order valence-electron chi connectivity index (χ1n) is 8.32. The lowest BCUT2D eigenvalue weighted by Crippen LogP contribution is -2.18. The predicted octanol–water partition coefficient (Wildman–Crippen LogP) is 4.91. The van der Waals surface area contributed by atoms with E-state index < -0.39 is 0 Å². The molecule has 25 heavy (non-hydrogen) atoms. The van der Waals surface area contributed by atoms with Crippen LogP contribution in [0.4, 0.5) is 5.69 Å². The Bertz CT molecular complexity index is 923. The van der Waals surface area contributed by atoms with Crippen molar-refractivity contribution in [3.05, 3.63) is 102 Å². The molecule has 1 aliphatic heterocycles. The topological polar surface area (TPSA) is 39.4 Å². The van der Waals surface area contributed by atoms with Gasteiger partial charge in [0.1, 0.15) is 0 Å². The van der Waals surface area contributed by atoms with E-state index in [0.29, 0.717) is 5.56 Å². The van der Waals surface area contributed by atoms with Crippen molar-refractivity contribution >= 4 is 11.4 Å². The molecule has 120 valence electrons. The van der Waals surface area contributed by atoms with Gasteiger partial charge in [-0.25, -0.2) is 0 Å². The molecule has 0 aliphatic carbocycles. The van der Waals surface area contributed by atoms with Gasteiger partial charge in [-0.1, -0.05) is 60.7 Å². The van der Waals surface area contributed by atoms with E-state index in [9.17, 15) is 0 Å². The number of anilines is 1. The fraction of sp³-hybridized carbons (Fsp3) is 0.0909. The van der Waals surface area contributed by atoms with Crippen molar-refractivity contribution in [2.45, 2.75) is 12.5 Å².